The van der Waals surface area contributed by atoms with Crippen LogP contribution in [0.1, 0.15) is 6.92 Å². The number of nitrogens with one attached hydrogen (secondary N) is 2. The number of hydrogen-bond donors (Lipinski definition) is 3. The number of aromatic nitrogens is 2. The molecule has 0 saturated heterocycles. The maximum atomic E-state index is 11.7. The summed E-state index contributed by atoms with van der Waals surface area (Å²) in [5.74, 6) is 0. The Morgan fingerprint density at radius 3 is 2.70 bits per heavy atom. The van der Waals surface area contributed by atoms with Gasteiger partial charge in [-0.2, -0.15) is 5.10 Å². The van der Waals surface area contributed by atoms with Gasteiger partial charge in [-0.1, -0.05) is 18.2 Å². The van der Waals surface area contributed by atoms with Crippen LogP contribution in [0, 0.1) is 0 Å². The number of anilines is 1. The van der Waals surface area contributed by atoms with E-state index >= 15 is 0 Å². The lowest BCUT2D eigenvalue weighted by Crippen LogP contribution is -2.38. The molecular formula is C17H18N4O2. The van der Waals surface area contributed by atoms with Gasteiger partial charge in [-0.3, -0.25) is 0 Å². The second kappa shape index (κ2) is 6.50. The average Bonchev–Trinajstić information content (AvgIpc) is 2.99. The van der Waals surface area contributed by atoms with E-state index in [1.54, 1.807) is 6.92 Å². The van der Waals surface area contributed by atoms with Crippen molar-refractivity contribution in [3.8, 4) is 5.69 Å². The lowest BCUT2D eigenvalue weighted by molar-refractivity contribution is 0.229. The first-order valence-corrected chi connectivity index (χ1v) is 7.39. The van der Waals surface area contributed by atoms with Gasteiger partial charge in [0.1, 0.15) is 0 Å². The number of rotatable bonds is 4. The zero-order valence-corrected chi connectivity index (χ0v) is 12.7. The molecule has 0 aliphatic heterocycles. The van der Waals surface area contributed by atoms with Crippen LogP contribution in [0.5, 0.6) is 0 Å². The Labute approximate surface area is 133 Å². The molecule has 0 aliphatic carbocycles. The first-order chi connectivity index (χ1) is 11.2. The first-order valence-electron chi connectivity index (χ1n) is 7.39. The summed E-state index contributed by atoms with van der Waals surface area (Å²) < 4.78 is 1.85. The molecule has 0 aliphatic rings. The third-order valence-electron chi connectivity index (χ3n) is 3.50. The molecule has 1 aromatic heterocycles. The van der Waals surface area contributed by atoms with Gasteiger partial charge in [0.15, 0.2) is 0 Å². The normalized spacial score (nSPS) is 12.1. The highest BCUT2D eigenvalue weighted by Crippen LogP contribution is 2.19. The van der Waals surface area contributed by atoms with E-state index in [0.29, 0.717) is 5.69 Å². The Morgan fingerprint density at radius 2 is 1.96 bits per heavy atom. The van der Waals surface area contributed by atoms with Crippen LogP contribution in [0.3, 0.4) is 0 Å². The van der Waals surface area contributed by atoms with Crippen molar-refractivity contribution in [2.24, 2.45) is 0 Å². The summed E-state index contributed by atoms with van der Waals surface area (Å²) in [6.45, 7) is 1.63. The zero-order chi connectivity index (χ0) is 16.2. The molecule has 2 amide bonds. The molecule has 6 heteroatoms. The smallest absolute Gasteiger partial charge is 0.319 e. The topological polar surface area (TPSA) is 79.2 Å². The third kappa shape index (κ3) is 3.32. The van der Waals surface area contributed by atoms with Crippen molar-refractivity contribution in [3.05, 3.63) is 54.7 Å². The Balaban J connectivity index is 1.76. The molecule has 23 heavy (non-hydrogen) atoms. The summed E-state index contributed by atoms with van der Waals surface area (Å²) in [5.41, 5.74) is 2.62. The van der Waals surface area contributed by atoms with Gasteiger partial charge in [-0.05, 0) is 37.3 Å². The van der Waals surface area contributed by atoms with Gasteiger partial charge < -0.3 is 15.7 Å². The molecule has 118 valence electrons. The molecule has 3 rings (SSSR count). The van der Waals surface area contributed by atoms with Crippen molar-refractivity contribution in [2.45, 2.75) is 13.0 Å². The van der Waals surface area contributed by atoms with Gasteiger partial charge in [0.05, 0.1) is 30.0 Å². The van der Waals surface area contributed by atoms with Crippen molar-refractivity contribution < 1.29 is 9.90 Å². The average molecular weight is 310 g/mol. The Kier molecular flexibility index (Phi) is 4.25. The molecule has 2 aromatic carbocycles. The number of carbonyl (C=O) groups is 1. The van der Waals surface area contributed by atoms with E-state index in [0.717, 1.165) is 16.6 Å². The van der Waals surface area contributed by atoms with Crippen LogP contribution >= 0.6 is 0 Å². The van der Waals surface area contributed by atoms with Gasteiger partial charge in [0.2, 0.25) is 0 Å². The van der Waals surface area contributed by atoms with E-state index in [-0.39, 0.29) is 18.7 Å². The second-order valence-corrected chi connectivity index (χ2v) is 5.34. The molecule has 0 spiro atoms. The monoisotopic (exact) mass is 310 g/mol. The molecule has 1 unspecified atom stereocenters. The highest BCUT2D eigenvalue weighted by Gasteiger charge is 2.07. The summed E-state index contributed by atoms with van der Waals surface area (Å²) in [7, 11) is 0. The second-order valence-electron chi connectivity index (χ2n) is 5.34. The predicted molar refractivity (Wildman–Crippen MR) is 89.8 cm³/mol. The molecule has 0 bridgehead atoms. The predicted octanol–water partition coefficient (Wildman–Crippen LogP) is 2.53. The SMILES string of the molecule is CC(CO)NC(=O)Nc1ccc(-n2ncc3ccccc32)cc1. The van der Waals surface area contributed by atoms with E-state index < -0.39 is 0 Å². The standard InChI is InChI=1S/C17H18N4O2/c1-12(11-22)19-17(23)20-14-6-8-15(9-7-14)21-16-5-3-2-4-13(16)10-18-21/h2-10,12,22H,11H2,1H3,(H2,19,20,23). The third-order valence-corrected chi connectivity index (χ3v) is 3.50. The van der Waals surface area contributed by atoms with Gasteiger partial charge >= 0.3 is 6.03 Å². The summed E-state index contributed by atoms with van der Waals surface area (Å²) in [6.07, 6.45) is 1.82. The number of nitrogens with zero attached hydrogens (tertiary/aromatic N) is 2. The highest BCUT2D eigenvalue weighted by atomic mass is 16.3. The van der Waals surface area contributed by atoms with Crippen molar-refractivity contribution >= 4 is 22.6 Å². The highest BCUT2D eigenvalue weighted by molar-refractivity contribution is 5.89. The summed E-state index contributed by atoms with van der Waals surface area (Å²) in [6, 6.07) is 14.8. The van der Waals surface area contributed by atoms with Crippen LogP contribution in [0.4, 0.5) is 10.5 Å². The number of hydrogen-bond acceptors (Lipinski definition) is 3. The largest absolute Gasteiger partial charge is 0.394 e. The van der Waals surface area contributed by atoms with E-state index in [9.17, 15) is 4.79 Å². The maximum Gasteiger partial charge on any atom is 0.319 e. The van der Waals surface area contributed by atoms with E-state index in [1.165, 1.54) is 0 Å². The molecule has 3 N–H and O–H groups in total. The van der Waals surface area contributed by atoms with Gasteiger partial charge in [0, 0.05) is 11.1 Å². The fourth-order valence-corrected chi connectivity index (χ4v) is 2.30. The fraction of sp³-hybridized carbons (Fsp3) is 0.176. The zero-order valence-electron chi connectivity index (χ0n) is 12.7. The van der Waals surface area contributed by atoms with Crippen LogP contribution < -0.4 is 10.6 Å². The molecule has 0 fully saturated rings. The summed E-state index contributed by atoms with van der Waals surface area (Å²) in [4.78, 5) is 11.7. The van der Waals surface area contributed by atoms with E-state index in [2.05, 4.69) is 15.7 Å². The number of carbonyl (C=O) groups excluding carboxylic acids is 1. The Morgan fingerprint density at radius 1 is 1.22 bits per heavy atom. The number of aliphatic hydroxyl groups excluding tert-OH is 1. The minimum absolute atomic E-state index is 0.0985. The van der Waals surface area contributed by atoms with Crippen LogP contribution in [0.15, 0.2) is 54.7 Å². The molecular weight excluding hydrogens is 292 g/mol. The van der Waals surface area contributed by atoms with Crippen molar-refractivity contribution in [2.75, 3.05) is 11.9 Å². The molecule has 1 atom stereocenters. The van der Waals surface area contributed by atoms with Gasteiger partial charge in [-0.25, -0.2) is 9.48 Å². The van der Waals surface area contributed by atoms with Crippen LogP contribution in [0.2, 0.25) is 0 Å². The molecule has 1 heterocycles. The number of amides is 2. The van der Waals surface area contributed by atoms with Crippen molar-refractivity contribution in [1.29, 1.82) is 0 Å². The lowest BCUT2D eigenvalue weighted by atomic mass is 10.2. The van der Waals surface area contributed by atoms with Crippen molar-refractivity contribution in [1.82, 2.24) is 15.1 Å². The summed E-state index contributed by atoms with van der Waals surface area (Å²) >= 11 is 0. The quantitative estimate of drug-likeness (QED) is 0.693. The molecule has 6 nitrogen and oxygen atoms in total. The Hall–Kier alpha value is -2.86. The molecule has 3 aromatic rings. The van der Waals surface area contributed by atoms with E-state index in [1.807, 2.05) is 59.4 Å². The fourth-order valence-electron chi connectivity index (χ4n) is 2.30. The van der Waals surface area contributed by atoms with Gasteiger partial charge in [-0.15, -0.1) is 0 Å². The lowest BCUT2D eigenvalue weighted by Gasteiger charge is -2.12. The summed E-state index contributed by atoms with van der Waals surface area (Å²) in [5, 5.41) is 19.8. The number of aliphatic hydroxyl groups is 1. The number of fused-ring (bicyclic) bond motifs is 1. The molecule has 0 radical (unpaired) electrons. The minimum atomic E-state index is -0.344. The maximum absolute atomic E-state index is 11.7. The Bertz CT molecular complexity index is 811. The number of benzene rings is 2. The number of urea groups is 1. The van der Waals surface area contributed by atoms with Crippen molar-refractivity contribution in [3.63, 3.8) is 0 Å². The van der Waals surface area contributed by atoms with Crippen LogP contribution in [-0.2, 0) is 0 Å². The van der Waals surface area contributed by atoms with Gasteiger partial charge in [0.25, 0.3) is 0 Å². The van der Waals surface area contributed by atoms with Crippen LogP contribution in [0.25, 0.3) is 16.6 Å². The van der Waals surface area contributed by atoms with E-state index in [4.69, 9.17) is 5.11 Å². The molecule has 0 saturated carbocycles. The number of para-hydroxylation sites is 1. The minimum Gasteiger partial charge on any atom is -0.394 e. The first kappa shape index (κ1) is 15.1. The van der Waals surface area contributed by atoms with Crippen LogP contribution in [-0.4, -0.2) is 33.6 Å².